The Morgan fingerprint density at radius 2 is 1.61 bits per heavy atom. The Balaban J connectivity index is 1.44. The van der Waals surface area contributed by atoms with Gasteiger partial charge in [-0.05, 0) is 74.2 Å². The van der Waals surface area contributed by atoms with Crippen LogP contribution in [0.3, 0.4) is 0 Å². The van der Waals surface area contributed by atoms with Gasteiger partial charge in [0.1, 0.15) is 5.75 Å². The van der Waals surface area contributed by atoms with Crippen LogP contribution in [0.15, 0.2) is 53.0 Å². The van der Waals surface area contributed by atoms with Gasteiger partial charge < -0.3 is 19.7 Å². The molecule has 2 aromatic rings. The topological polar surface area (TPSA) is 84.9 Å². The fraction of sp³-hybridized carbons (Fsp3) is 0.348. The maximum atomic E-state index is 12.7. The van der Waals surface area contributed by atoms with Gasteiger partial charge in [-0.2, -0.15) is 0 Å². The van der Waals surface area contributed by atoms with E-state index in [1.807, 2.05) is 17.0 Å². The van der Waals surface area contributed by atoms with Crippen molar-refractivity contribution in [1.82, 2.24) is 10.2 Å². The Hall–Kier alpha value is -2.87. The molecule has 31 heavy (non-hydrogen) atoms. The van der Waals surface area contributed by atoms with Crippen LogP contribution in [0.2, 0.25) is 0 Å². The van der Waals surface area contributed by atoms with Crippen molar-refractivity contribution in [2.75, 3.05) is 26.2 Å². The molecule has 3 rings (SSSR count). The number of nitrogens with zero attached hydrogens (tertiary/aromatic N) is 1. The molecule has 7 nitrogen and oxygen atoms in total. The molecule has 2 aromatic carbocycles. The van der Waals surface area contributed by atoms with Crippen LogP contribution in [-0.4, -0.2) is 49.1 Å². The van der Waals surface area contributed by atoms with Crippen LogP contribution >= 0.6 is 15.9 Å². The summed E-state index contributed by atoms with van der Waals surface area (Å²) in [5, 5.41) is 2.99. The van der Waals surface area contributed by atoms with Gasteiger partial charge in [0.25, 0.3) is 11.8 Å². The Kier molecular flexibility index (Phi) is 8.06. The number of benzene rings is 2. The zero-order valence-electron chi connectivity index (χ0n) is 17.3. The van der Waals surface area contributed by atoms with Gasteiger partial charge in [0.05, 0.1) is 6.61 Å². The number of hydrogen-bond donors (Lipinski definition) is 1. The summed E-state index contributed by atoms with van der Waals surface area (Å²) < 4.78 is 10.7. The molecule has 0 spiro atoms. The normalized spacial score (nSPS) is 14.1. The molecule has 1 heterocycles. The third-order valence-corrected chi connectivity index (χ3v) is 5.65. The highest BCUT2D eigenvalue weighted by Gasteiger charge is 2.24. The molecule has 0 radical (unpaired) electrons. The molecular weight excluding hydrogens is 464 g/mol. The van der Waals surface area contributed by atoms with Crippen LogP contribution in [0.4, 0.5) is 4.79 Å². The fourth-order valence-corrected chi connectivity index (χ4v) is 3.64. The molecule has 0 saturated carbocycles. The zero-order valence-corrected chi connectivity index (χ0v) is 18.9. The number of piperidine rings is 1. The lowest BCUT2D eigenvalue weighted by Crippen LogP contribution is -2.41. The van der Waals surface area contributed by atoms with Gasteiger partial charge in [-0.25, -0.2) is 4.79 Å². The van der Waals surface area contributed by atoms with Crippen LogP contribution in [0.5, 0.6) is 5.75 Å². The van der Waals surface area contributed by atoms with E-state index in [0.717, 1.165) is 17.3 Å². The van der Waals surface area contributed by atoms with Gasteiger partial charge in [-0.1, -0.05) is 15.9 Å². The van der Waals surface area contributed by atoms with Crippen LogP contribution in [0.1, 0.15) is 40.5 Å². The van der Waals surface area contributed by atoms with Gasteiger partial charge >= 0.3 is 6.16 Å². The second kappa shape index (κ2) is 10.9. The predicted molar refractivity (Wildman–Crippen MR) is 119 cm³/mol. The van der Waals surface area contributed by atoms with Crippen LogP contribution in [0, 0.1) is 5.92 Å². The van der Waals surface area contributed by atoms with Crippen molar-refractivity contribution in [3.63, 3.8) is 0 Å². The molecule has 0 unspecified atom stereocenters. The molecule has 1 aliphatic rings. The minimum Gasteiger partial charge on any atom is -0.434 e. The largest absolute Gasteiger partial charge is 0.513 e. The lowest BCUT2D eigenvalue weighted by molar-refractivity contribution is 0.0684. The summed E-state index contributed by atoms with van der Waals surface area (Å²) in [6.07, 6.45) is 0.892. The van der Waals surface area contributed by atoms with E-state index in [1.165, 1.54) is 0 Å². The molecule has 1 fully saturated rings. The summed E-state index contributed by atoms with van der Waals surface area (Å²) in [6.45, 7) is 3.80. The number of halogens is 1. The molecule has 0 atom stereocenters. The minimum absolute atomic E-state index is 0.0555. The molecule has 0 bridgehead atoms. The highest BCUT2D eigenvalue weighted by Crippen LogP contribution is 2.20. The van der Waals surface area contributed by atoms with Crippen molar-refractivity contribution in [3.8, 4) is 5.75 Å². The fourth-order valence-electron chi connectivity index (χ4n) is 3.37. The highest BCUT2D eigenvalue weighted by molar-refractivity contribution is 9.10. The average molecular weight is 489 g/mol. The van der Waals surface area contributed by atoms with Crippen molar-refractivity contribution in [2.24, 2.45) is 5.92 Å². The Morgan fingerprint density at radius 3 is 2.23 bits per heavy atom. The maximum Gasteiger partial charge on any atom is 0.513 e. The second-order valence-electron chi connectivity index (χ2n) is 7.26. The molecule has 8 heteroatoms. The van der Waals surface area contributed by atoms with Crippen molar-refractivity contribution in [3.05, 3.63) is 64.1 Å². The molecule has 1 N–H and O–H groups in total. The van der Waals surface area contributed by atoms with Gasteiger partial charge in [0.15, 0.2) is 0 Å². The number of likely N-dealkylation sites (tertiary alicyclic amines) is 1. The van der Waals surface area contributed by atoms with E-state index in [4.69, 9.17) is 9.47 Å². The van der Waals surface area contributed by atoms with E-state index in [-0.39, 0.29) is 18.4 Å². The first kappa shape index (κ1) is 22.8. The summed E-state index contributed by atoms with van der Waals surface area (Å²) in [5.41, 5.74) is 1.17. The Bertz CT molecular complexity index is 907. The first-order valence-corrected chi connectivity index (χ1v) is 11.0. The number of carbonyl (C=O) groups excluding carboxylic acids is 3. The van der Waals surface area contributed by atoms with E-state index in [2.05, 4.69) is 21.2 Å². The SMILES string of the molecule is CCOC(=O)Oc1ccc(C(=O)N2CCC(CNC(=O)c3ccc(Br)cc3)CC2)cc1. The first-order chi connectivity index (χ1) is 15.0. The molecule has 0 aromatic heterocycles. The van der Waals surface area contributed by atoms with Crippen molar-refractivity contribution in [2.45, 2.75) is 19.8 Å². The Morgan fingerprint density at radius 1 is 1.00 bits per heavy atom. The highest BCUT2D eigenvalue weighted by atomic mass is 79.9. The van der Waals surface area contributed by atoms with E-state index in [1.54, 1.807) is 43.3 Å². The number of rotatable bonds is 6. The van der Waals surface area contributed by atoms with Crippen molar-refractivity contribution in [1.29, 1.82) is 0 Å². The van der Waals surface area contributed by atoms with Gasteiger partial charge in [0, 0.05) is 35.2 Å². The second-order valence-corrected chi connectivity index (χ2v) is 8.18. The molecular formula is C23H25BrN2O5. The third kappa shape index (κ3) is 6.55. The van der Waals surface area contributed by atoms with Gasteiger partial charge in [-0.3, -0.25) is 9.59 Å². The smallest absolute Gasteiger partial charge is 0.434 e. The van der Waals surface area contributed by atoms with Crippen LogP contribution in [-0.2, 0) is 4.74 Å². The lowest BCUT2D eigenvalue weighted by atomic mass is 9.96. The van der Waals surface area contributed by atoms with E-state index in [9.17, 15) is 14.4 Å². The molecule has 164 valence electrons. The van der Waals surface area contributed by atoms with Crippen LogP contribution < -0.4 is 10.1 Å². The molecule has 0 aliphatic carbocycles. The first-order valence-electron chi connectivity index (χ1n) is 10.2. The monoisotopic (exact) mass is 488 g/mol. The summed E-state index contributed by atoms with van der Waals surface area (Å²) in [6, 6.07) is 13.7. The average Bonchev–Trinajstić information content (AvgIpc) is 2.78. The molecule has 2 amide bonds. The van der Waals surface area contributed by atoms with E-state index >= 15 is 0 Å². The lowest BCUT2D eigenvalue weighted by Gasteiger charge is -2.32. The molecule has 1 aliphatic heterocycles. The summed E-state index contributed by atoms with van der Waals surface area (Å²) >= 11 is 3.36. The van der Waals surface area contributed by atoms with Crippen molar-refractivity contribution >= 4 is 33.9 Å². The number of nitrogens with one attached hydrogen (secondary N) is 1. The van der Waals surface area contributed by atoms with E-state index < -0.39 is 6.16 Å². The summed E-state index contributed by atoms with van der Waals surface area (Å²) in [7, 11) is 0. The minimum atomic E-state index is -0.768. The number of carbonyl (C=O) groups is 3. The third-order valence-electron chi connectivity index (χ3n) is 5.12. The van der Waals surface area contributed by atoms with Gasteiger partial charge in [0.2, 0.25) is 0 Å². The van der Waals surface area contributed by atoms with Gasteiger partial charge in [-0.15, -0.1) is 0 Å². The summed E-state index contributed by atoms with van der Waals surface area (Å²) in [4.78, 5) is 38.2. The van der Waals surface area contributed by atoms with Crippen molar-refractivity contribution < 1.29 is 23.9 Å². The predicted octanol–water partition coefficient (Wildman–Crippen LogP) is 4.27. The number of hydrogen-bond acceptors (Lipinski definition) is 5. The van der Waals surface area contributed by atoms with Crippen LogP contribution in [0.25, 0.3) is 0 Å². The quantitative estimate of drug-likeness (QED) is 0.484. The Labute approximate surface area is 189 Å². The van der Waals surface area contributed by atoms with E-state index in [0.29, 0.717) is 42.4 Å². The number of ether oxygens (including phenoxy) is 2. The zero-order chi connectivity index (χ0) is 22.2. The summed E-state index contributed by atoms with van der Waals surface area (Å²) in [5.74, 6) is 0.523. The standard InChI is InChI=1S/C23H25BrN2O5/c1-2-30-23(29)31-20-9-5-18(6-10-20)22(28)26-13-11-16(12-14-26)15-25-21(27)17-3-7-19(24)8-4-17/h3-10,16H,2,11-15H2,1H3,(H,25,27). The maximum absolute atomic E-state index is 12.7. The molecule has 1 saturated heterocycles. The number of amides is 2.